The average molecular weight is 474 g/mol. The van der Waals surface area contributed by atoms with E-state index in [1.807, 2.05) is 6.07 Å². The fourth-order valence-electron chi connectivity index (χ4n) is 3.47. The maximum absolute atomic E-state index is 12.8. The lowest BCUT2D eigenvalue weighted by atomic mass is 10.2. The van der Waals surface area contributed by atoms with Gasteiger partial charge in [-0.2, -0.15) is 4.31 Å². The summed E-state index contributed by atoms with van der Waals surface area (Å²) in [6.07, 6.45) is 4.83. The second kappa shape index (κ2) is 9.27. The first-order valence-corrected chi connectivity index (χ1v) is 12.3. The molecule has 4 rings (SSSR count). The molecule has 1 N–H and O–H groups in total. The maximum atomic E-state index is 12.8. The summed E-state index contributed by atoms with van der Waals surface area (Å²) in [5, 5.41) is 3.13. The van der Waals surface area contributed by atoms with Gasteiger partial charge in [0, 0.05) is 19.2 Å². The van der Waals surface area contributed by atoms with Crippen molar-refractivity contribution in [3.8, 4) is 11.5 Å². The van der Waals surface area contributed by atoms with Gasteiger partial charge in [0.25, 0.3) is 0 Å². The molecule has 1 aliphatic rings. The first-order valence-electron chi connectivity index (χ1n) is 10.0. The molecular weight excluding hydrogens is 450 g/mol. The number of hydrogen-bond acceptors (Lipinski definition) is 7. The number of benzene rings is 2. The van der Waals surface area contributed by atoms with Crippen LogP contribution in [0.1, 0.15) is 18.4 Å². The number of rotatable bonds is 7. The molecule has 168 valence electrons. The van der Waals surface area contributed by atoms with Crippen LogP contribution in [-0.2, 0) is 14.8 Å². The van der Waals surface area contributed by atoms with E-state index in [-0.39, 0.29) is 10.8 Å². The fourth-order valence-corrected chi connectivity index (χ4v) is 6.00. The summed E-state index contributed by atoms with van der Waals surface area (Å²) in [5.74, 6) is 0.833. The highest BCUT2D eigenvalue weighted by Crippen LogP contribution is 2.30. The number of carbonyl (C=O) groups excluding carboxylic acids is 1. The molecule has 0 unspecified atom stereocenters. The quantitative estimate of drug-likeness (QED) is 0.525. The van der Waals surface area contributed by atoms with E-state index < -0.39 is 10.0 Å². The van der Waals surface area contributed by atoms with Crippen molar-refractivity contribution in [1.82, 2.24) is 9.29 Å². The van der Waals surface area contributed by atoms with Crippen LogP contribution in [0.4, 0.5) is 5.13 Å². The van der Waals surface area contributed by atoms with Crippen LogP contribution >= 0.6 is 11.3 Å². The Kier molecular flexibility index (Phi) is 6.45. The summed E-state index contributed by atoms with van der Waals surface area (Å²) in [6, 6.07) is 10.2. The van der Waals surface area contributed by atoms with Crippen LogP contribution in [-0.4, -0.2) is 50.9 Å². The Balaban J connectivity index is 1.48. The molecular formula is C22H23N3O5S2. The van der Waals surface area contributed by atoms with Crippen molar-refractivity contribution in [3.63, 3.8) is 0 Å². The number of thiazole rings is 1. The number of amides is 1. The maximum Gasteiger partial charge on any atom is 0.250 e. The standard InChI is InChI=1S/C22H23N3O5S2/c1-29-18-9-5-15(13-19(18)30-2)6-10-21(26)24-22-23-17-8-7-16(14-20(17)31-22)32(27,28)25-11-3-4-12-25/h5-10,13-14H,3-4,11-12H2,1-2H3,(H,23,24,26). The number of aromatic nitrogens is 1. The number of anilines is 1. The molecule has 32 heavy (non-hydrogen) atoms. The Morgan fingerprint density at radius 1 is 1.09 bits per heavy atom. The number of ether oxygens (including phenoxy) is 2. The van der Waals surface area contributed by atoms with E-state index in [9.17, 15) is 13.2 Å². The summed E-state index contributed by atoms with van der Waals surface area (Å²) in [5.41, 5.74) is 1.41. The molecule has 1 amide bonds. The summed E-state index contributed by atoms with van der Waals surface area (Å²) >= 11 is 1.23. The van der Waals surface area contributed by atoms with Gasteiger partial charge in [-0.25, -0.2) is 13.4 Å². The molecule has 8 nitrogen and oxygen atoms in total. The second-order valence-corrected chi connectivity index (χ2v) is 10.2. The first-order chi connectivity index (χ1) is 15.4. The Bertz CT molecular complexity index is 1280. The van der Waals surface area contributed by atoms with E-state index in [1.54, 1.807) is 50.6 Å². The lowest BCUT2D eigenvalue weighted by Gasteiger charge is -2.15. The number of methoxy groups -OCH3 is 2. The third-order valence-electron chi connectivity index (χ3n) is 5.13. The van der Waals surface area contributed by atoms with Crippen molar-refractivity contribution in [2.24, 2.45) is 0 Å². The van der Waals surface area contributed by atoms with Crippen LogP contribution in [0.15, 0.2) is 47.4 Å². The van der Waals surface area contributed by atoms with E-state index in [1.165, 1.54) is 21.7 Å². The van der Waals surface area contributed by atoms with Gasteiger partial charge >= 0.3 is 0 Å². The number of hydrogen-bond donors (Lipinski definition) is 1. The molecule has 1 saturated heterocycles. The summed E-state index contributed by atoms with van der Waals surface area (Å²) in [6.45, 7) is 1.10. The van der Waals surface area contributed by atoms with Crippen LogP contribution in [0.2, 0.25) is 0 Å². The average Bonchev–Trinajstić information content (AvgIpc) is 3.47. The number of sulfonamides is 1. The molecule has 0 radical (unpaired) electrons. The Morgan fingerprint density at radius 2 is 1.84 bits per heavy atom. The van der Waals surface area contributed by atoms with E-state index in [0.29, 0.717) is 39.9 Å². The van der Waals surface area contributed by atoms with Crippen LogP contribution in [0.3, 0.4) is 0 Å². The van der Waals surface area contributed by atoms with Crippen LogP contribution in [0.5, 0.6) is 11.5 Å². The highest BCUT2D eigenvalue weighted by atomic mass is 32.2. The van der Waals surface area contributed by atoms with Crippen LogP contribution < -0.4 is 14.8 Å². The molecule has 0 bridgehead atoms. The van der Waals surface area contributed by atoms with E-state index in [4.69, 9.17) is 9.47 Å². The van der Waals surface area contributed by atoms with Crippen molar-refractivity contribution in [2.75, 3.05) is 32.6 Å². The second-order valence-electron chi connectivity index (χ2n) is 7.20. The predicted octanol–water partition coefficient (Wildman–Crippen LogP) is 3.75. The number of nitrogens with zero attached hydrogens (tertiary/aromatic N) is 2. The Hall–Kier alpha value is -2.95. The fraction of sp³-hybridized carbons (Fsp3) is 0.273. The minimum absolute atomic E-state index is 0.252. The lowest BCUT2D eigenvalue weighted by Crippen LogP contribution is -2.27. The van der Waals surface area contributed by atoms with Gasteiger partial charge in [-0.15, -0.1) is 0 Å². The van der Waals surface area contributed by atoms with E-state index >= 15 is 0 Å². The molecule has 0 saturated carbocycles. The minimum Gasteiger partial charge on any atom is -0.493 e. The van der Waals surface area contributed by atoms with Crippen molar-refractivity contribution in [3.05, 3.63) is 48.0 Å². The highest BCUT2D eigenvalue weighted by Gasteiger charge is 2.27. The topological polar surface area (TPSA) is 97.8 Å². The number of nitrogens with one attached hydrogen (secondary N) is 1. The van der Waals surface area contributed by atoms with Gasteiger partial charge in [-0.3, -0.25) is 10.1 Å². The number of carbonyl (C=O) groups is 1. The molecule has 0 spiro atoms. The van der Waals surface area contributed by atoms with Gasteiger partial charge in [0.05, 0.1) is 29.3 Å². The van der Waals surface area contributed by atoms with Crippen LogP contribution in [0, 0.1) is 0 Å². The smallest absolute Gasteiger partial charge is 0.250 e. The number of fused-ring (bicyclic) bond motifs is 1. The van der Waals surface area contributed by atoms with Crippen LogP contribution in [0.25, 0.3) is 16.3 Å². The Morgan fingerprint density at radius 3 is 2.56 bits per heavy atom. The van der Waals surface area contributed by atoms with Crippen molar-refractivity contribution in [2.45, 2.75) is 17.7 Å². The van der Waals surface area contributed by atoms with Gasteiger partial charge < -0.3 is 9.47 Å². The van der Waals surface area contributed by atoms with Gasteiger partial charge in [0.1, 0.15) is 0 Å². The highest BCUT2D eigenvalue weighted by molar-refractivity contribution is 7.89. The molecule has 2 aromatic carbocycles. The first kappa shape index (κ1) is 22.3. The molecule has 10 heteroatoms. The van der Waals surface area contributed by atoms with Gasteiger partial charge in [0.15, 0.2) is 16.6 Å². The largest absolute Gasteiger partial charge is 0.493 e. The van der Waals surface area contributed by atoms with Gasteiger partial charge in [0.2, 0.25) is 15.9 Å². The normalized spacial score (nSPS) is 14.8. The van der Waals surface area contributed by atoms with Gasteiger partial charge in [-0.05, 0) is 54.8 Å². The zero-order valence-corrected chi connectivity index (χ0v) is 19.3. The van der Waals surface area contributed by atoms with Crippen molar-refractivity contribution < 1.29 is 22.7 Å². The molecule has 0 aliphatic carbocycles. The molecule has 2 heterocycles. The summed E-state index contributed by atoms with van der Waals surface area (Å²) in [7, 11) is -0.392. The predicted molar refractivity (Wildman–Crippen MR) is 125 cm³/mol. The van der Waals surface area contributed by atoms with Crippen molar-refractivity contribution in [1.29, 1.82) is 0 Å². The zero-order valence-electron chi connectivity index (χ0n) is 17.7. The minimum atomic E-state index is -3.50. The molecule has 3 aromatic rings. The molecule has 0 atom stereocenters. The molecule has 1 aliphatic heterocycles. The SMILES string of the molecule is COc1ccc(C=CC(=O)Nc2nc3ccc(S(=O)(=O)N4CCCC4)cc3s2)cc1OC. The lowest BCUT2D eigenvalue weighted by molar-refractivity contribution is -0.111. The summed E-state index contributed by atoms with van der Waals surface area (Å²) in [4.78, 5) is 17.0. The van der Waals surface area contributed by atoms with Gasteiger partial charge in [-0.1, -0.05) is 17.4 Å². The van der Waals surface area contributed by atoms with Crippen molar-refractivity contribution >= 4 is 48.7 Å². The third kappa shape index (κ3) is 4.62. The third-order valence-corrected chi connectivity index (χ3v) is 7.96. The summed E-state index contributed by atoms with van der Waals surface area (Å²) < 4.78 is 38.2. The Labute approximate surface area is 190 Å². The monoisotopic (exact) mass is 473 g/mol. The van der Waals surface area contributed by atoms with E-state index in [0.717, 1.165) is 18.4 Å². The molecule has 1 fully saturated rings. The zero-order chi connectivity index (χ0) is 22.7. The molecule has 1 aromatic heterocycles. The van der Waals surface area contributed by atoms with E-state index in [2.05, 4.69) is 10.3 Å².